The zero-order valence-electron chi connectivity index (χ0n) is 23.6. The highest BCUT2D eigenvalue weighted by Crippen LogP contribution is 2.64. The van der Waals surface area contributed by atoms with Crippen molar-refractivity contribution in [2.45, 2.75) is 57.3 Å². The SMILES string of the molecule is C[C@]12CCC3c4cccc(F)c4CCC3C1[C@H](C(CCNC(=O)c1ccccc1O)c1ccc(C#N)cn1)C/C2=N\O. The van der Waals surface area contributed by atoms with E-state index in [2.05, 4.69) is 29.5 Å². The maximum absolute atomic E-state index is 14.8. The van der Waals surface area contributed by atoms with Crippen LogP contribution in [0.3, 0.4) is 0 Å². The molecular weight excluding hydrogens is 531 g/mol. The summed E-state index contributed by atoms with van der Waals surface area (Å²) in [5.41, 5.74) is 3.99. The number of nitrogens with one attached hydrogen (secondary N) is 1. The van der Waals surface area contributed by atoms with E-state index in [0.717, 1.165) is 41.8 Å². The molecule has 3 aliphatic carbocycles. The third-order valence-electron chi connectivity index (χ3n) is 10.3. The van der Waals surface area contributed by atoms with E-state index >= 15 is 0 Å². The number of aromatic hydroxyl groups is 1. The summed E-state index contributed by atoms with van der Waals surface area (Å²) in [6, 6.07) is 17.7. The third kappa shape index (κ3) is 4.71. The van der Waals surface area contributed by atoms with Crippen molar-refractivity contribution in [1.29, 1.82) is 5.26 Å². The summed E-state index contributed by atoms with van der Waals surface area (Å²) in [7, 11) is 0. The Morgan fingerprint density at radius 3 is 2.79 bits per heavy atom. The number of carbonyl (C=O) groups is 1. The van der Waals surface area contributed by atoms with Crippen LogP contribution < -0.4 is 5.32 Å². The monoisotopic (exact) mass is 566 g/mol. The Morgan fingerprint density at radius 2 is 2.05 bits per heavy atom. The minimum atomic E-state index is -0.350. The molecule has 1 aromatic heterocycles. The molecule has 0 radical (unpaired) electrons. The Bertz CT molecular complexity index is 1570. The number of carbonyl (C=O) groups excluding carboxylic acids is 1. The van der Waals surface area contributed by atoms with Crippen LogP contribution in [-0.2, 0) is 6.42 Å². The number of halogens is 1. The number of oxime groups is 1. The smallest absolute Gasteiger partial charge is 0.255 e. The molecular formula is C34H35FN4O3. The molecule has 216 valence electrons. The van der Waals surface area contributed by atoms with Gasteiger partial charge in [-0.15, -0.1) is 0 Å². The van der Waals surface area contributed by atoms with E-state index in [1.165, 1.54) is 6.07 Å². The lowest BCUT2D eigenvalue weighted by Gasteiger charge is -2.51. The molecule has 1 amide bonds. The van der Waals surface area contributed by atoms with Gasteiger partial charge in [-0.25, -0.2) is 4.39 Å². The van der Waals surface area contributed by atoms with Gasteiger partial charge in [0.25, 0.3) is 5.91 Å². The summed E-state index contributed by atoms with van der Waals surface area (Å²) in [4.78, 5) is 17.6. The highest BCUT2D eigenvalue weighted by atomic mass is 19.1. The number of nitrogens with zero attached hydrogens (tertiary/aromatic N) is 3. The summed E-state index contributed by atoms with van der Waals surface area (Å²) >= 11 is 0. The molecule has 0 spiro atoms. The summed E-state index contributed by atoms with van der Waals surface area (Å²) < 4.78 is 14.8. The maximum Gasteiger partial charge on any atom is 0.255 e. The van der Waals surface area contributed by atoms with Crippen LogP contribution in [0.4, 0.5) is 4.39 Å². The summed E-state index contributed by atoms with van der Waals surface area (Å²) in [6.07, 6.45) is 6.09. The van der Waals surface area contributed by atoms with Crippen molar-refractivity contribution in [3.63, 3.8) is 0 Å². The molecule has 2 fully saturated rings. The van der Waals surface area contributed by atoms with Gasteiger partial charge in [0.1, 0.15) is 17.6 Å². The van der Waals surface area contributed by atoms with Gasteiger partial charge in [0.05, 0.1) is 16.8 Å². The first-order chi connectivity index (χ1) is 20.4. The summed E-state index contributed by atoms with van der Waals surface area (Å²) in [6.45, 7) is 2.57. The van der Waals surface area contributed by atoms with Crippen molar-refractivity contribution < 1.29 is 19.5 Å². The number of phenols is 1. The first-order valence-electron chi connectivity index (χ1n) is 14.8. The van der Waals surface area contributed by atoms with Gasteiger partial charge in [-0.3, -0.25) is 9.78 Å². The van der Waals surface area contributed by atoms with Gasteiger partial charge in [-0.2, -0.15) is 5.26 Å². The van der Waals surface area contributed by atoms with Crippen LogP contribution in [0, 0.1) is 40.3 Å². The Morgan fingerprint density at radius 1 is 1.21 bits per heavy atom. The molecule has 8 heteroatoms. The van der Waals surface area contributed by atoms with E-state index in [9.17, 15) is 24.8 Å². The normalized spacial score (nSPS) is 27.8. The minimum Gasteiger partial charge on any atom is -0.507 e. The standard InChI is InChI=1S/C34H35FN4O3/c1-34-15-13-22-21-6-4-7-28(35)23(21)10-11-25(22)32(34)27(17-31(34)39-42)24(29-12-9-20(18-36)19-38-29)14-16-37-33(41)26-5-2-3-8-30(26)40/h2-9,12,19,22,24-25,27,32,40,42H,10-11,13-17H2,1H3,(H,37,41)/b39-31+/t22?,24?,25?,27-,32?,34+/m0/s1. The second-order valence-electron chi connectivity index (χ2n) is 12.3. The maximum atomic E-state index is 14.8. The highest BCUT2D eigenvalue weighted by molar-refractivity contribution is 5.96. The number of phenolic OH excluding ortho intramolecular Hbond substituents is 1. The van der Waals surface area contributed by atoms with Gasteiger partial charge >= 0.3 is 0 Å². The van der Waals surface area contributed by atoms with E-state index in [0.29, 0.717) is 37.3 Å². The first kappa shape index (κ1) is 27.9. The van der Waals surface area contributed by atoms with Crippen LogP contribution in [0.2, 0.25) is 0 Å². The topological polar surface area (TPSA) is 119 Å². The Hall–Kier alpha value is -4.25. The van der Waals surface area contributed by atoms with Crippen LogP contribution >= 0.6 is 0 Å². The van der Waals surface area contributed by atoms with Gasteiger partial charge in [0.15, 0.2) is 0 Å². The fraction of sp³-hybridized carbons (Fsp3) is 0.412. The number of hydrogen-bond donors (Lipinski definition) is 3. The predicted molar refractivity (Wildman–Crippen MR) is 156 cm³/mol. The Kier molecular flexibility index (Phi) is 7.44. The zero-order chi connectivity index (χ0) is 29.4. The molecule has 0 aliphatic heterocycles. The molecule has 42 heavy (non-hydrogen) atoms. The number of rotatable bonds is 6. The van der Waals surface area contributed by atoms with Gasteiger partial charge in [0, 0.05) is 29.8 Å². The lowest BCUT2D eigenvalue weighted by molar-refractivity contribution is 0.0472. The molecule has 1 heterocycles. The summed E-state index contributed by atoms with van der Waals surface area (Å²) in [5.74, 6) is 0.145. The molecule has 6 rings (SSSR count). The van der Waals surface area contributed by atoms with Gasteiger partial charge in [-0.05, 0) is 104 Å². The molecule has 3 N–H and O–H groups in total. The minimum absolute atomic E-state index is 0.0714. The molecule has 0 bridgehead atoms. The number of nitriles is 1. The molecule has 4 unspecified atom stereocenters. The van der Waals surface area contributed by atoms with Gasteiger partial charge in [-0.1, -0.05) is 36.3 Å². The lowest BCUT2D eigenvalue weighted by Crippen LogP contribution is -2.45. The van der Waals surface area contributed by atoms with E-state index < -0.39 is 0 Å². The number of fused-ring (bicyclic) bond motifs is 5. The van der Waals surface area contributed by atoms with Crippen LogP contribution in [0.25, 0.3) is 0 Å². The number of benzene rings is 2. The number of amides is 1. The quantitative estimate of drug-likeness (QED) is 0.239. The van der Waals surface area contributed by atoms with Crippen molar-refractivity contribution in [2.75, 3.05) is 6.54 Å². The van der Waals surface area contributed by atoms with Crippen molar-refractivity contribution in [2.24, 2.45) is 28.3 Å². The van der Waals surface area contributed by atoms with Gasteiger partial charge in [0.2, 0.25) is 0 Å². The molecule has 3 aliphatic rings. The van der Waals surface area contributed by atoms with Crippen molar-refractivity contribution in [1.82, 2.24) is 10.3 Å². The van der Waals surface area contributed by atoms with E-state index in [1.807, 2.05) is 12.1 Å². The van der Waals surface area contributed by atoms with Crippen molar-refractivity contribution in [3.8, 4) is 11.8 Å². The molecule has 2 saturated carbocycles. The third-order valence-corrected chi connectivity index (χ3v) is 10.3. The zero-order valence-corrected chi connectivity index (χ0v) is 23.6. The largest absolute Gasteiger partial charge is 0.507 e. The Balaban J connectivity index is 1.34. The van der Waals surface area contributed by atoms with Crippen LogP contribution in [0.15, 0.2) is 65.9 Å². The number of pyridine rings is 1. The van der Waals surface area contributed by atoms with Crippen LogP contribution in [0.1, 0.15) is 83.6 Å². The molecule has 7 nitrogen and oxygen atoms in total. The van der Waals surface area contributed by atoms with E-state index in [1.54, 1.807) is 36.5 Å². The molecule has 3 aromatic rings. The van der Waals surface area contributed by atoms with Crippen LogP contribution in [-0.4, -0.2) is 33.5 Å². The number of aromatic nitrogens is 1. The number of hydrogen-bond acceptors (Lipinski definition) is 6. The molecule has 2 aromatic carbocycles. The first-order valence-corrected chi connectivity index (χ1v) is 14.8. The second-order valence-corrected chi connectivity index (χ2v) is 12.3. The highest BCUT2D eigenvalue weighted by Gasteiger charge is 2.59. The number of para-hydroxylation sites is 1. The van der Waals surface area contributed by atoms with Crippen LogP contribution in [0.5, 0.6) is 5.75 Å². The lowest BCUT2D eigenvalue weighted by atomic mass is 9.53. The van der Waals surface area contributed by atoms with E-state index in [-0.39, 0.29) is 52.1 Å². The fourth-order valence-electron chi connectivity index (χ4n) is 8.45. The predicted octanol–water partition coefficient (Wildman–Crippen LogP) is 6.31. The Labute approximate surface area is 245 Å². The second kappa shape index (κ2) is 11.2. The van der Waals surface area contributed by atoms with E-state index in [4.69, 9.17) is 4.98 Å². The molecule has 0 saturated heterocycles. The average molecular weight is 567 g/mol. The average Bonchev–Trinajstić information content (AvgIpc) is 3.31. The fourth-order valence-corrected chi connectivity index (χ4v) is 8.45. The van der Waals surface area contributed by atoms with Crippen molar-refractivity contribution in [3.05, 3.63) is 94.6 Å². The summed E-state index contributed by atoms with van der Waals surface area (Å²) in [5, 5.41) is 36.5. The molecule has 6 atom stereocenters. The van der Waals surface area contributed by atoms with Gasteiger partial charge < -0.3 is 15.6 Å². The van der Waals surface area contributed by atoms with Crippen molar-refractivity contribution >= 4 is 11.6 Å².